The number of anilines is 1. The molecule has 20 heavy (non-hydrogen) atoms. The van der Waals surface area contributed by atoms with Crippen LogP contribution in [0, 0.1) is 6.92 Å². The summed E-state index contributed by atoms with van der Waals surface area (Å²) < 4.78 is 1.78. The number of nitrogens with zero attached hydrogens (tertiary/aromatic N) is 2. The molecule has 0 amide bonds. The second kappa shape index (κ2) is 5.77. The lowest BCUT2D eigenvalue weighted by Crippen LogP contribution is -2.07. The Morgan fingerprint density at radius 3 is 2.85 bits per heavy atom. The Morgan fingerprint density at radius 2 is 2.20 bits per heavy atom. The van der Waals surface area contributed by atoms with Crippen LogP contribution in [-0.4, -0.2) is 20.9 Å². The van der Waals surface area contributed by atoms with E-state index in [0.717, 1.165) is 23.2 Å². The molecule has 2 aromatic rings. The van der Waals surface area contributed by atoms with Crippen molar-refractivity contribution >= 4 is 11.7 Å². The van der Waals surface area contributed by atoms with Crippen LogP contribution in [0.2, 0.25) is 0 Å². The summed E-state index contributed by atoms with van der Waals surface area (Å²) >= 11 is 0. The van der Waals surface area contributed by atoms with Crippen molar-refractivity contribution in [3.05, 3.63) is 46.8 Å². The highest BCUT2D eigenvalue weighted by atomic mass is 16.4. The van der Waals surface area contributed by atoms with Crippen LogP contribution in [0.5, 0.6) is 0 Å². The van der Waals surface area contributed by atoms with Gasteiger partial charge in [0, 0.05) is 31.0 Å². The third-order valence-electron chi connectivity index (χ3n) is 3.20. The van der Waals surface area contributed by atoms with E-state index in [-0.39, 0.29) is 0 Å². The molecule has 0 atom stereocenters. The summed E-state index contributed by atoms with van der Waals surface area (Å²) in [5.41, 5.74) is 3.99. The van der Waals surface area contributed by atoms with Crippen molar-refractivity contribution in [2.45, 2.75) is 26.8 Å². The van der Waals surface area contributed by atoms with Crippen LogP contribution in [-0.2, 0) is 20.0 Å². The fourth-order valence-electron chi connectivity index (χ4n) is 2.21. The normalized spacial score (nSPS) is 10.6. The summed E-state index contributed by atoms with van der Waals surface area (Å²) in [5.74, 6) is -0.918. The number of carboxylic acids is 1. The zero-order valence-corrected chi connectivity index (χ0v) is 12.0. The summed E-state index contributed by atoms with van der Waals surface area (Å²) in [6.45, 7) is 4.51. The molecule has 106 valence electrons. The molecule has 5 heteroatoms. The first-order valence-electron chi connectivity index (χ1n) is 6.60. The minimum atomic E-state index is -0.918. The molecule has 0 radical (unpaired) electrons. The van der Waals surface area contributed by atoms with E-state index in [2.05, 4.69) is 17.3 Å². The van der Waals surface area contributed by atoms with Gasteiger partial charge in [-0.15, -0.1) is 0 Å². The maximum atomic E-state index is 11.3. The molecule has 1 aromatic carbocycles. The number of carboxylic acid groups (broad SMARTS) is 1. The number of hydrogen-bond donors (Lipinski definition) is 2. The van der Waals surface area contributed by atoms with E-state index in [1.165, 1.54) is 0 Å². The van der Waals surface area contributed by atoms with Crippen LogP contribution >= 0.6 is 0 Å². The van der Waals surface area contributed by atoms with Gasteiger partial charge in [0.1, 0.15) is 0 Å². The van der Waals surface area contributed by atoms with Gasteiger partial charge in [-0.2, -0.15) is 5.10 Å². The van der Waals surface area contributed by atoms with Gasteiger partial charge < -0.3 is 10.4 Å². The highest BCUT2D eigenvalue weighted by Gasteiger charge is 2.11. The Morgan fingerprint density at radius 1 is 1.45 bits per heavy atom. The first-order valence-corrected chi connectivity index (χ1v) is 6.60. The van der Waals surface area contributed by atoms with E-state index in [1.807, 2.05) is 26.2 Å². The second-order valence-electron chi connectivity index (χ2n) is 4.84. The summed E-state index contributed by atoms with van der Waals surface area (Å²) in [4.78, 5) is 11.3. The highest BCUT2D eigenvalue weighted by molar-refractivity contribution is 5.94. The van der Waals surface area contributed by atoms with Gasteiger partial charge in [0.05, 0.1) is 11.3 Å². The third kappa shape index (κ3) is 2.99. The molecular weight excluding hydrogens is 254 g/mol. The average Bonchev–Trinajstić information content (AvgIpc) is 2.77. The van der Waals surface area contributed by atoms with Crippen LogP contribution in [0.1, 0.15) is 34.1 Å². The quantitative estimate of drug-likeness (QED) is 0.878. The molecule has 0 saturated carbocycles. The fourth-order valence-corrected chi connectivity index (χ4v) is 2.21. The molecule has 0 bridgehead atoms. The Kier molecular flexibility index (Phi) is 4.08. The molecule has 0 spiro atoms. The van der Waals surface area contributed by atoms with Crippen LogP contribution in [0.3, 0.4) is 0 Å². The molecule has 5 nitrogen and oxygen atoms in total. The topological polar surface area (TPSA) is 67.2 Å². The van der Waals surface area contributed by atoms with Crippen LogP contribution < -0.4 is 5.32 Å². The summed E-state index contributed by atoms with van der Waals surface area (Å²) in [6.07, 6.45) is 2.82. The van der Waals surface area contributed by atoms with E-state index in [9.17, 15) is 9.90 Å². The zero-order chi connectivity index (χ0) is 14.7. The zero-order valence-electron chi connectivity index (χ0n) is 12.0. The average molecular weight is 273 g/mol. The SMILES string of the molecule is CCc1nn(C)cc1CNc1ccc(C)cc1C(=O)O. The van der Waals surface area contributed by atoms with Crippen molar-refractivity contribution in [1.82, 2.24) is 9.78 Å². The largest absolute Gasteiger partial charge is 0.478 e. The standard InChI is InChI=1S/C15H19N3O2/c1-4-13-11(9-18(3)17-13)8-16-14-6-5-10(2)7-12(14)15(19)20/h5-7,9,16H,4,8H2,1-3H3,(H,19,20). The highest BCUT2D eigenvalue weighted by Crippen LogP contribution is 2.19. The summed E-state index contributed by atoms with van der Waals surface area (Å²) in [5, 5.41) is 16.8. The van der Waals surface area contributed by atoms with E-state index in [1.54, 1.807) is 16.8 Å². The van der Waals surface area contributed by atoms with Gasteiger partial charge in [-0.1, -0.05) is 18.6 Å². The van der Waals surface area contributed by atoms with Crippen molar-refractivity contribution in [2.75, 3.05) is 5.32 Å². The monoisotopic (exact) mass is 273 g/mol. The minimum Gasteiger partial charge on any atom is -0.478 e. The molecule has 0 saturated heterocycles. The van der Waals surface area contributed by atoms with Crippen molar-refractivity contribution in [3.63, 3.8) is 0 Å². The minimum absolute atomic E-state index is 0.298. The molecule has 0 aliphatic rings. The predicted octanol–water partition coefficient (Wildman–Crippen LogP) is 2.60. The number of nitrogens with one attached hydrogen (secondary N) is 1. The number of aromatic nitrogens is 2. The van der Waals surface area contributed by atoms with Gasteiger partial charge in [-0.3, -0.25) is 4.68 Å². The number of benzene rings is 1. The molecule has 0 aliphatic carbocycles. The van der Waals surface area contributed by atoms with Gasteiger partial charge in [0.2, 0.25) is 0 Å². The van der Waals surface area contributed by atoms with Crippen molar-refractivity contribution < 1.29 is 9.90 Å². The number of aryl methyl sites for hydroxylation is 3. The van der Waals surface area contributed by atoms with Gasteiger partial charge in [0.25, 0.3) is 0 Å². The van der Waals surface area contributed by atoms with Crippen molar-refractivity contribution in [1.29, 1.82) is 0 Å². The van der Waals surface area contributed by atoms with E-state index < -0.39 is 5.97 Å². The molecule has 0 fully saturated rings. The lowest BCUT2D eigenvalue weighted by Gasteiger charge is -2.10. The first kappa shape index (κ1) is 14.1. The summed E-state index contributed by atoms with van der Waals surface area (Å²) in [7, 11) is 1.89. The van der Waals surface area contributed by atoms with E-state index in [0.29, 0.717) is 17.8 Å². The number of hydrogen-bond acceptors (Lipinski definition) is 3. The first-order chi connectivity index (χ1) is 9.51. The fraction of sp³-hybridized carbons (Fsp3) is 0.333. The van der Waals surface area contributed by atoms with Crippen LogP contribution in [0.4, 0.5) is 5.69 Å². The molecule has 0 aliphatic heterocycles. The van der Waals surface area contributed by atoms with Crippen molar-refractivity contribution in [2.24, 2.45) is 7.05 Å². The molecule has 1 aromatic heterocycles. The Bertz CT molecular complexity index is 632. The molecule has 2 N–H and O–H groups in total. The van der Waals surface area contributed by atoms with Gasteiger partial charge >= 0.3 is 5.97 Å². The third-order valence-corrected chi connectivity index (χ3v) is 3.20. The molecule has 0 unspecified atom stereocenters. The predicted molar refractivity (Wildman–Crippen MR) is 78.1 cm³/mol. The van der Waals surface area contributed by atoms with Crippen molar-refractivity contribution in [3.8, 4) is 0 Å². The number of rotatable bonds is 5. The van der Waals surface area contributed by atoms with Crippen LogP contribution in [0.25, 0.3) is 0 Å². The van der Waals surface area contributed by atoms with Crippen LogP contribution in [0.15, 0.2) is 24.4 Å². The second-order valence-corrected chi connectivity index (χ2v) is 4.84. The van der Waals surface area contributed by atoms with Gasteiger partial charge in [0.15, 0.2) is 0 Å². The van der Waals surface area contributed by atoms with Gasteiger partial charge in [-0.25, -0.2) is 4.79 Å². The Labute approximate surface area is 118 Å². The molecular formula is C15H19N3O2. The van der Waals surface area contributed by atoms with E-state index >= 15 is 0 Å². The maximum absolute atomic E-state index is 11.3. The van der Waals surface area contributed by atoms with E-state index in [4.69, 9.17) is 0 Å². The number of carbonyl (C=O) groups is 1. The molecule has 1 heterocycles. The lowest BCUT2D eigenvalue weighted by molar-refractivity contribution is 0.0698. The Balaban J connectivity index is 2.20. The lowest BCUT2D eigenvalue weighted by atomic mass is 10.1. The Hall–Kier alpha value is -2.30. The molecule has 2 rings (SSSR count). The maximum Gasteiger partial charge on any atom is 0.337 e. The smallest absolute Gasteiger partial charge is 0.337 e. The number of aromatic carboxylic acids is 1. The summed E-state index contributed by atoms with van der Waals surface area (Å²) in [6, 6.07) is 5.38. The van der Waals surface area contributed by atoms with Gasteiger partial charge in [-0.05, 0) is 25.5 Å².